The average molecular weight is 319 g/mol. The minimum atomic E-state index is -0.701. The zero-order valence-corrected chi connectivity index (χ0v) is 14.2. The maximum absolute atomic E-state index is 11.9. The van der Waals surface area contributed by atoms with E-state index in [2.05, 4.69) is 41.6 Å². The zero-order chi connectivity index (χ0) is 16.7. The Kier molecular flexibility index (Phi) is 6.42. The van der Waals surface area contributed by atoms with Gasteiger partial charge in [0.25, 0.3) is 0 Å². The summed E-state index contributed by atoms with van der Waals surface area (Å²) in [6.07, 6.45) is 3.65. The van der Waals surface area contributed by atoms with E-state index in [1.807, 2.05) is 18.2 Å². The molecule has 1 unspecified atom stereocenters. The molecule has 128 valence electrons. The molecule has 0 radical (unpaired) electrons. The van der Waals surface area contributed by atoms with E-state index in [0.29, 0.717) is 13.1 Å². The van der Waals surface area contributed by atoms with Crippen LogP contribution in [0.15, 0.2) is 30.3 Å². The number of nitrogens with zero attached hydrogens (tertiary/aromatic N) is 1. The van der Waals surface area contributed by atoms with E-state index < -0.39 is 5.60 Å². The molecule has 1 aliphatic carbocycles. The molecule has 0 heterocycles. The summed E-state index contributed by atoms with van der Waals surface area (Å²) in [5.74, 6) is 0. The second-order valence-electron chi connectivity index (χ2n) is 6.74. The van der Waals surface area contributed by atoms with Crippen molar-refractivity contribution in [3.63, 3.8) is 0 Å². The number of benzene rings is 1. The van der Waals surface area contributed by atoms with Crippen molar-refractivity contribution in [3.05, 3.63) is 35.9 Å². The van der Waals surface area contributed by atoms with Crippen molar-refractivity contribution >= 4 is 6.03 Å². The zero-order valence-electron chi connectivity index (χ0n) is 14.2. The molecule has 23 heavy (non-hydrogen) atoms. The molecular weight excluding hydrogens is 290 g/mol. The Hall–Kier alpha value is -1.59. The standard InChI is InChI=1S/C18H29N3O2/c1-15(21(2)13-16-8-4-3-5-9-16)12-19-17(22)20-14-18(23)10-6-7-11-18/h3-5,8-9,15,23H,6-7,10-14H2,1-2H3,(H2,19,20,22). The van der Waals surface area contributed by atoms with Crippen LogP contribution in [0.4, 0.5) is 4.79 Å². The lowest BCUT2D eigenvalue weighted by molar-refractivity contribution is 0.0500. The Morgan fingerprint density at radius 3 is 2.57 bits per heavy atom. The number of hydrogen-bond acceptors (Lipinski definition) is 3. The third-order valence-electron chi connectivity index (χ3n) is 4.70. The molecule has 5 nitrogen and oxygen atoms in total. The Morgan fingerprint density at radius 2 is 1.91 bits per heavy atom. The Balaban J connectivity index is 1.66. The van der Waals surface area contributed by atoms with Crippen LogP contribution >= 0.6 is 0 Å². The van der Waals surface area contributed by atoms with Crippen LogP contribution < -0.4 is 10.6 Å². The Labute approximate surface area is 139 Å². The molecule has 1 aliphatic rings. The highest BCUT2D eigenvalue weighted by molar-refractivity contribution is 5.73. The van der Waals surface area contributed by atoms with Gasteiger partial charge in [0.05, 0.1) is 5.60 Å². The molecule has 1 aromatic rings. The van der Waals surface area contributed by atoms with Crippen LogP contribution in [0.5, 0.6) is 0 Å². The topological polar surface area (TPSA) is 64.6 Å². The number of aliphatic hydroxyl groups is 1. The number of nitrogens with one attached hydrogen (secondary N) is 2. The summed E-state index contributed by atoms with van der Waals surface area (Å²) in [5, 5.41) is 15.9. The molecular formula is C18H29N3O2. The van der Waals surface area contributed by atoms with E-state index in [0.717, 1.165) is 32.2 Å². The smallest absolute Gasteiger partial charge is 0.314 e. The fraction of sp³-hybridized carbons (Fsp3) is 0.611. The second-order valence-corrected chi connectivity index (χ2v) is 6.74. The van der Waals surface area contributed by atoms with Gasteiger partial charge in [0.2, 0.25) is 0 Å². The minimum Gasteiger partial charge on any atom is -0.388 e. The highest BCUT2D eigenvalue weighted by Gasteiger charge is 2.31. The fourth-order valence-corrected chi connectivity index (χ4v) is 2.94. The highest BCUT2D eigenvalue weighted by Crippen LogP contribution is 2.28. The van der Waals surface area contributed by atoms with Crippen LogP contribution in [0.2, 0.25) is 0 Å². The van der Waals surface area contributed by atoms with Crippen LogP contribution in [0, 0.1) is 0 Å². The quantitative estimate of drug-likeness (QED) is 0.721. The molecule has 1 atom stereocenters. The predicted molar refractivity (Wildman–Crippen MR) is 92.2 cm³/mol. The summed E-state index contributed by atoms with van der Waals surface area (Å²) in [5.41, 5.74) is 0.558. The summed E-state index contributed by atoms with van der Waals surface area (Å²) < 4.78 is 0. The largest absolute Gasteiger partial charge is 0.388 e. The first kappa shape index (κ1) is 17.8. The van der Waals surface area contributed by atoms with Crippen molar-refractivity contribution in [1.29, 1.82) is 0 Å². The van der Waals surface area contributed by atoms with Gasteiger partial charge < -0.3 is 15.7 Å². The Bertz CT molecular complexity index is 486. The number of likely N-dealkylation sites (N-methyl/N-ethyl adjacent to an activating group) is 1. The SMILES string of the molecule is CC(CNC(=O)NCC1(O)CCCC1)N(C)Cc1ccccc1. The van der Waals surface area contributed by atoms with Crippen molar-refractivity contribution in [1.82, 2.24) is 15.5 Å². The molecule has 2 amide bonds. The molecule has 2 rings (SSSR count). The van der Waals surface area contributed by atoms with Crippen molar-refractivity contribution in [2.24, 2.45) is 0 Å². The molecule has 1 saturated carbocycles. The maximum atomic E-state index is 11.9. The van der Waals surface area contributed by atoms with E-state index in [1.165, 1.54) is 5.56 Å². The normalized spacial score (nSPS) is 17.9. The van der Waals surface area contributed by atoms with Gasteiger partial charge >= 0.3 is 6.03 Å². The van der Waals surface area contributed by atoms with Crippen molar-refractivity contribution in [2.45, 2.75) is 50.8 Å². The minimum absolute atomic E-state index is 0.203. The first-order valence-electron chi connectivity index (χ1n) is 8.47. The molecule has 1 fully saturated rings. The van der Waals surface area contributed by atoms with Gasteiger partial charge in [-0.15, -0.1) is 0 Å². The lowest BCUT2D eigenvalue weighted by atomic mass is 10.0. The molecule has 0 saturated heterocycles. The van der Waals surface area contributed by atoms with E-state index in [-0.39, 0.29) is 12.1 Å². The van der Waals surface area contributed by atoms with Crippen LogP contribution in [-0.4, -0.2) is 47.8 Å². The summed E-state index contributed by atoms with van der Waals surface area (Å²) in [7, 11) is 2.05. The molecule has 0 aromatic heterocycles. The third kappa shape index (κ3) is 5.84. The first-order chi connectivity index (χ1) is 11.0. The number of hydrogen-bond donors (Lipinski definition) is 3. The molecule has 0 spiro atoms. The predicted octanol–water partition coefficient (Wildman–Crippen LogP) is 2.11. The number of amides is 2. The first-order valence-corrected chi connectivity index (χ1v) is 8.47. The van der Waals surface area contributed by atoms with Gasteiger partial charge in [-0.25, -0.2) is 4.79 Å². The molecule has 5 heteroatoms. The maximum Gasteiger partial charge on any atom is 0.314 e. The van der Waals surface area contributed by atoms with Crippen LogP contribution in [0.1, 0.15) is 38.2 Å². The van der Waals surface area contributed by atoms with Crippen LogP contribution in [-0.2, 0) is 6.54 Å². The number of carbonyl (C=O) groups excluding carboxylic acids is 1. The van der Waals surface area contributed by atoms with E-state index in [1.54, 1.807) is 0 Å². The third-order valence-corrected chi connectivity index (χ3v) is 4.70. The van der Waals surface area contributed by atoms with Crippen molar-refractivity contribution < 1.29 is 9.90 Å². The lowest BCUT2D eigenvalue weighted by Gasteiger charge is -2.26. The molecule has 1 aromatic carbocycles. The second kappa shape index (κ2) is 8.31. The number of carbonyl (C=O) groups is 1. The van der Waals surface area contributed by atoms with Crippen LogP contribution in [0.25, 0.3) is 0 Å². The van der Waals surface area contributed by atoms with Gasteiger partial charge in [-0.1, -0.05) is 43.2 Å². The van der Waals surface area contributed by atoms with E-state index in [4.69, 9.17) is 0 Å². The fourth-order valence-electron chi connectivity index (χ4n) is 2.94. The molecule has 0 bridgehead atoms. The monoisotopic (exact) mass is 319 g/mol. The van der Waals surface area contributed by atoms with Gasteiger partial charge in [0.15, 0.2) is 0 Å². The summed E-state index contributed by atoms with van der Waals surface area (Å²) in [6.45, 7) is 3.86. The summed E-state index contributed by atoms with van der Waals surface area (Å²) in [6, 6.07) is 10.3. The van der Waals surface area contributed by atoms with Gasteiger partial charge in [-0.05, 0) is 32.4 Å². The van der Waals surface area contributed by atoms with Gasteiger partial charge in [0, 0.05) is 25.7 Å². The van der Waals surface area contributed by atoms with Crippen molar-refractivity contribution in [3.8, 4) is 0 Å². The van der Waals surface area contributed by atoms with E-state index >= 15 is 0 Å². The Morgan fingerprint density at radius 1 is 1.26 bits per heavy atom. The summed E-state index contributed by atoms with van der Waals surface area (Å²) in [4.78, 5) is 14.1. The van der Waals surface area contributed by atoms with Crippen molar-refractivity contribution in [2.75, 3.05) is 20.1 Å². The average Bonchev–Trinajstić information content (AvgIpc) is 2.98. The highest BCUT2D eigenvalue weighted by atomic mass is 16.3. The lowest BCUT2D eigenvalue weighted by Crippen LogP contribution is -2.48. The number of urea groups is 1. The summed E-state index contributed by atoms with van der Waals surface area (Å²) >= 11 is 0. The van der Waals surface area contributed by atoms with Gasteiger partial charge in [-0.2, -0.15) is 0 Å². The van der Waals surface area contributed by atoms with Gasteiger partial charge in [0.1, 0.15) is 0 Å². The molecule has 0 aliphatic heterocycles. The van der Waals surface area contributed by atoms with E-state index in [9.17, 15) is 9.90 Å². The van der Waals surface area contributed by atoms with Crippen LogP contribution in [0.3, 0.4) is 0 Å². The van der Waals surface area contributed by atoms with Gasteiger partial charge in [-0.3, -0.25) is 4.90 Å². The number of rotatable bonds is 7. The molecule has 3 N–H and O–H groups in total.